The Balaban J connectivity index is 2.09. The lowest BCUT2D eigenvalue weighted by atomic mass is 10.2. The van der Waals surface area contributed by atoms with Crippen LogP contribution in [0.5, 0.6) is 0 Å². The third-order valence-electron chi connectivity index (χ3n) is 4.81. The molecule has 1 aliphatic heterocycles. The SMILES string of the molecule is Cc1c(S(=O)(=O)NC(C)CO)c2n(c1C(=O)Nc1ccc(F)c(F)c1)CCCC=C2. The van der Waals surface area contributed by atoms with Crippen molar-refractivity contribution in [3.63, 3.8) is 0 Å². The Bertz CT molecular complexity index is 1110. The Hall–Kier alpha value is -2.56. The molecule has 0 bridgehead atoms. The molecule has 162 valence electrons. The van der Waals surface area contributed by atoms with Gasteiger partial charge in [-0.2, -0.15) is 0 Å². The molecule has 1 aromatic heterocycles. The fourth-order valence-electron chi connectivity index (χ4n) is 3.46. The van der Waals surface area contributed by atoms with Crippen molar-refractivity contribution in [2.24, 2.45) is 0 Å². The number of nitrogens with zero attached hydrogens (tertiary/aromatic N) is 1. The van der Waals surface area contributed by atoms with Gasteiger partial charge in [-0.1, -0.05) is 6.08 Å². The highest BCUT2D eigenvalue weighted by Gasteiger charge is 2.32. The van der Waals surface area contributed by atoms with E-state index in [2.05, 4.69) is 10.0 Å². The number of amides is 1. The number of anilines is 1. The normalized spacial score (nSPS) is 14.8. The van der Waals surface area contributed by atoms with Crippen molar-refractivity contribution >= 4 is 27.7 Å². The summed E-state index contributed by atoms with van der Waals surface area (Å²) >= 11 is 0. The highest BCUT2D eigenvalue weighted by atomic mass is 32.2. The number of aliphatic hydroxyl groups is 1. The van der Waals surface area contributed by atoms with Crippen molar-refractivity contribution < 1.29 is 27.1 Å². The topological polar surface area (TPSA) is 100 Å². The highest BCUT2D eigenvalue weighted by Crippen LogP contribution is 2.31. The Morgan fingerprint density at radius 2 is 2.03 bits per heavy atom. The van der Waals surface area contributed by atoms with Crippen molar-refractivity contribution in [3.05, 3.63) is 52.9 Å². The van der Waals surface area contributed by atoms with E-state index in [1.165, 1.54) is 19.9 Å². The lowest BCUT2D eigenvalue weighted by Gasteiger charge is -2.12. The van der Waals surface area contributed by atoms with Gasteiger partial charge in [0.05, 0.1) is 12.3 Å². The maximum absolute atomic E-state index is 13.5. The summed E-state index contributed by atoms with van der Waals surface area (Å²) < 4.78 is 56.7. The van der Waals surface area contributed by atoms with Gasteiger partial charge in [0, 0.05) is 29.9 Å². The largest absolute Gasteiger partial charge is 0.395 e. The van der Waals surface area contributed by atoms with Crippen LogP contribution in [-0.4, -0.2) is 36.6 Å². The molecule has 7 nitrogen and oxygen atoms in total. The second-order valence-electron chi connectivity index (χ2n) is 7.17. The Kier molecular flexibility index (Phi) is 6.39. The number of aromatic nitrogens is 1. The molecular weight excluding hydrogens is 416 g/mol. The first-order valence-corrected chi connectivity index (χ1v) is 10.9. The molecular formula is C20H23F2N3O4S. The summed E-state index contributed by atoms with van der Waals surface area (Å²) in [6.45, 7) is 3.07. The van der Waals surface area contributed by atoms with Crippen molar-refractivity contribution in [2.45, 2.75) is 44.2 Å². The maximum atomic E-state index is 13.5. The summed E-state index contributed by atoms with van der Waals surface area (Å²) in [7, 11) is -4.03. The van der Waals surface area contributed by atoms with Crippen LogP contribution in [0, 0.1) is 18.6 Å². The molecule has 1 aromatic carbocycles. The van der Waals surface area contributed by atoms with Gasteiger partial charge in [-0.25, -0.2) is 21.9 Å². The number of nitrogens with one attached hydrogen (secondary N) is 2. The Morgan fingerprint density at radius 3 is 2.70 bits per heavy atom. The number of rotatable bonds is 6. The molecule has 30 heavy (non-hydrogen) atoms. The molecule has 0 fully saturated rings. The van der Waals surface area contributed by atoms with Crippen molar-refractivity contribution in [2.75, 3.05) is 11.9 Å². The maximum Gasteiger partial charge on any atom is 0.272 e. The van der Waals surface area contributed by atoms with E-state index in [1.807, 2.05) is 6.08 Å². The van der Waals surface area contributed by atoms with E-state index in [1.54, 1.807) is 10.6 Å². The Labute approximate surface area is 173 Å². The van der Waals surface area contributed by atoms with Gasteiger partial charge in [0.25, 0.3) is 5.91 Å². The van der Waals surface area contributed by atoms with Gasteiger partial charge in [-0.3, -0.25) is 4.79 Å². The number of benzene rings is 1. The summed E-state index contributed by atoms with van der Waals surface area (Å²) in [5.74, 6) is -2.78. The van der Waals surface area contributed by atoms with E-state index in [4.69, 9.17) is 0 Å². The lowest BCUT2D eigenvalue weighted by Crippen LogP contribution is -2.35. The average molecular weight is 439 g/mol. The van der Waals surface area contributed by atoms with Crippen LogP contribution in [0.4, 0.5) is 14.5 Å². The number of hydrogen-bond donors (Lipinski definition) is 3. The number of halogens is 2. The minimum atomic E-state index is -4.03. The van der Waals surface area contributed by atoms with Crippen LogP contribution in [0.3, 0.4) is 0 Å². The molecule has 0 aliphatic carbocycles. The van der Waals surface area contributed by atoms with Crippen LogP contribution >= 0.6 is 0 Å². The summed E-state index contributed by atoms with van der Waals surface area (Å²) in [5, 5.41) is 11.7. The number of aliphatic hydroxyl groups excluding tert-OH is 1. The quantitative estimate of drug-likeness (QED) is 0.644. The zero-order valence-electron chi connectivity index (χ0n) is 16.6. The van der Waals surface area contributed by atoms with Crippen LogP contribution in [0.1, 0.15) is 41.5 Å². The third-order valence-corrected chi connectivity index (χ3v) is 6.57. The van der Waals surface area contributed by atoms with Crippen molar-refractivity contribution in [1.29, 1.82) is 0 Å². The van der Waals surface area contributed by atoms with E-state index in [0.717, 1.165) is 12.1 Å². The second-order valence-corrected chi connectivity index (χ2v) is 8.82. The van der Waals surface area contributed by atoms with Gasteiger partial charge in [0.15, 0.2) is 11.6 Å². The first-order valence-electron chi connectivity index (χ1n) is 9.45. The summed E-state index contributed by atoms with van der Waals surface area (Å²) in [6, 6.07) is 2.27. The fourth-order valence-corrected chi connectivity index (χ4v) is 5.14. The van der Waals surface area contributed by atoms with Crippen LogP contribution in [-0.2, 0) is 16.6 Å². The third kappa shape index (κ3) is 4.30. The number of fused-ring (bicyclic) bond motifs is 1. The van der Waals surface area contributed by atoms with Crippen LogP contribution < -0.4 is 10.0 Å². The minimum absolute atomic E-state index is 0.0450. The van der Waals surface area contributed by atoms with Gasteiger partial charge < -0.3 is 15.0 Å². The molecule has 1 unspecified atom stereocenters. The standard InChI is InChI=1S/C20H23F2N3O4S/c1-12(11-26)24-30(28,29)19-13(2)18(25-9-5-3-4-6-17(19)25)20(27)23-14-7-8-15(21)16(22)10-14/h4,6-8,10,12,24,26H,3,5,9,11H2,1-2H3,(H,23,27). The molecule has 0 saturated carbocycles. The highest BCUT2D eigenvalue weighted by molar-refractivity contribution is 7.89. The number of carbonyl (C=O) groups excluding carboxylic acids is 1. The number of allylic oxidation sites excluding steroid dienone is 1. The van der Waals surface area contributed by atoms with Gasteiger partial charge in [0.1, 0.15) is 10.6 Å². The molecule has 0 spiro atoms. The monoisotopic (exact) mass is 439 g/mol. The molecule has 2 aromatic rings. The minimum Gasteiger partial charge on any atom is -0.395 e. The zero-order valence-corrected chi connectivity index (χ0v) is 17.4. The van der Waals surface area contributed by atoms with Gasteiger partial charge in [0.2, 0.25) is 10.0 Å². The van der Waals surface area contributed by atoms with Gasteiger partial charge in [-0.15, -0.1) is 0 Å². The molecule has 3 N–H and O–H groups in total. The Morgan fingerprint density at radius 1 is 1.30 bits per heavy atom. The van der Waals surface area contributed by atoms with E-state index >= 15 is 0 Å². The molecule has 3 rings (SSSR count). The summed E-state index contributed by atoms with van der Waals surface area (Å²) in [6.07, 6.45) is 4.91. The summed E-state index contributed by atoms with van der Waals surface area (Å²) in [5.41, 5.74) is 0.764. The predicted octanol–water partition coefficient (Wildman–Crippen LogP) is 2.79. The van der Waals surface area contributed by atoms with E-state index in [0.29, 0.717) is 25.1 Å². The molecule has 0 saturated heterocycles. The van der Waals surface area contributed by atoms with Crippen LogP contribution in [0.25, 0.3) is 6.08 Å². The fraction of sp³-hybridized carbons (Fsp3) is 0.350. The molecule has 1 amide bonds. The second kappa shape index (κ2) is 8.66. The van der Waals surface area contributed by atoms with E-state index < -0.39 is 33.6 Å². The van der Waals surface area contributed by atoms with Crippen LogP contribution in [0.15, 0.2) is 29.2 Å². The number of sulfonamides is 1. The number of carbonyl (C=O) groups is 1. The summed E-state index contributed by atoms with van der Waals surface area (Å²) in [4.78, 5) is 13.0. The van der Waals surface area contributed by atoms with E-state index in [-0.39, 0.29) is 28.4 Å². The molecule has 10 heteroatoms. The van der Waals surface area contributed by atoms with Gasteiger partial charge in [-0.05, 0) is 44.9 Å². The number of hydrogen-bond acceptors (Lipinski definition) is 4. The molecule has 0 radical (unpaired) electrons. The lowest BCUT2D eigenvalue weighted by molar-refractivity contribution is 0.101. The van der Waals surface area contributed by atoms with Gasteiger partial charge >= 0.3 is 0 Å². The average Bonchev–Trinajstić information content (AvgIpc) is 2.79. The van der Waals surface area contributed by atoms with Crippen molar-refractivity contribution in [1.82, 2.24) is 9.29 Å². The first kappa shape index (κ1) is 22.1. The van der Waals surface area contributed by atoms with Crippen molar-refractivity contribution in [3.8, 4) is 0 Å². The van der Waals surface area contributed by atoms with Crippen LogP contribution in [0.2, 0.25) is 0 Å². The first-order chi connectivity index (χ1) is 14.2. The van der Waals surface area contributed by atoms with E-state index in [9.17, 15) is 27.1 Å². The smallest absolute Gasteiger partial charge is 0.272 e. The molecule has 1 aliphatic rings. The zero-order chi connectivity index (χ0) is 22.1. The predicted molar refractivity (Wildman–Crippen MR) is 109 cm³/mol. The molecule has 1 atom stereocenters. The molecule has 2 heterocycles.